The third-order valence-corrected chi connectivity index (χ3v) is 3.80. The van der Waals surface area contributed by atoms with E-state index >= 15 is 0 Å². The molecule has 0 heterocycles. The predicted molar refractivity (Wildman–Crippen MR) is 81.0 cm³/mol. The largest absolute Gasteiger partial charge is 0.489 e. The lowest BCUT2D eigenvalue weighted by Crippen LogP contribution is -2.29. The Bertz CT molecular complexity index is 389. The van der Waals surface area contributed by atoms with E-state index in [4.69, 9.17) is 4.74 Å². The second-order valence-electron chi connectivity index (χ2n) is 5.62. The number of ether oxygens (including phenoxy) is 1. The highest BCUT2D eigenvalue weighted by Crippen LogP contribution is 2.25. The minimum Gasteiger partial charge on any atom is -0.489 e. The summed E-state index contributed by atoms with van der Waals surface area (Å²) < 4.78 is 6.00. The van der Waals surface area contributed by atoms with Crippen molar-refractivity contribution in [3.8, 4) is 5.75 Å². The normalized spacial score (nSPS) is 15.9. The Balaban J connectivity index is 1.81. The van der Waals surface area contributed by atoms with Crippen LogP contribution in [0.2, 0.25) is 0 Å². The summed E-state index contributed by atoms with van der Waals surface area (Å²) in [6.07, 6.45) is 7.84. The predicted octanol–water partition coefficient (Wildman–Crippen LogP) is 3.72. The van der Waals surface area contributed by atoms with Crippen molar-refractivity contribution < 1.29 is 4.74 Å². The Labute approximate surface area is 117 Å². The summed E-state index contributed by atoms with van der Waals surface area (Å²) >= 11 is 0. The molecule has 2 rings (SSSR count). The van der Waals surface area contributed by atoms with Gasteiger partial charge in [0.25, 0.3) is 0 Å². The molecule has 0 saturated heterocycles. The van der Waals surface area contributed by atoms with Gasteiger partial charge in [-0.25, -0.2) is 0 Å². The van der Waals surface area contributed by atoms with Gasteiger partial charge < -0.3 is 10.1 Å². The summed E-state index contributed by atoms with van der Waals surface area (Å²) in [6.45, 7) is 6.37. The zero-order valence-electron chi connectivity index (χ0n) is 12.4. The van der Waals surface area contributed by atoms with Crippen LogP contribution in [0.4, 0.5) is 0 Å². The molecule has 0 amide bonds. The van der Waals surface area contributed by atoms with Gasteiger partial charge in [0.05, 0.1) is 0 Å². The second kappa shape index (κ2) is 7.54. The Hall–Kier alpha value is -1.02. The molecule has 2 heteroatoms. The maximum absolute atomic E-state index is 6.00. The van der Waals surface area contributed by atoms with E-state index in [0.29, 0.717) is 0 Å². The lowest BCUT2D eigenvalue weighted by atomic mass is 9.92. The lowest BCUT2D eigenvalue weighted by Gasteiger charge is -2.19. The minimum atomic E-state index is 0.235. The number of unbranched alkanes of at least 4 members (excludes halogenated alkanes) is 1. The molecule has 19 heavy (non-hydrogen) atoms. The SMILES string of the molecule is CCCCNCC(C)Oc1ccc2c(c1)CCCC2. The summed E-state index contributed by atoms with van der Waals surface area (Å²) in [6, 6.07) is 6.63. The Morgan fingerprint density at radius 3 is 2.79 bits per heavy atom. The molecule has 1 N–H and O–H groups in total. The van der Waals surface area contributed by atoms with Crippen LogP contribution in [0.15, 0.2) is 18.2 Å². The quantitative estimate of drug-likeness (QED) is 0.755. The van der Waals surface area contributed by atoms with Crippen LogP contribution in [0.1, 0.15) is 50.7 Å². The first-order valence-electron chi connectivity index (χ1n) is 7.78. The first-order chi connectivity index (χ1) is 9.29. The van der Waals surface area contributed by atoms with Crippen molar-refractivity contribution in [3.05, 3.63) is 29.3 Å². The van der Waals surface area contributed by atoms with Crippen LogP contribution in [0.3, 0.4) is 0 Å². The molecule has 0 aliphatic heterocycles. The fourth-order valence-electron chi connectivity index (χ4n) is 2.66. The third-order valence-electron chi connectivity index (χ3n) is 3.80. The van der Waals surface area contributed by atoms with E-state index in [9.17, 15) is 0 Å². The number of hydrogen-bond donors (Lipinski definition) is 1. The molecule has 0 bridgehead atoms. The zero-order chi connectivity index (χ0) is 13.5. The number of benzene rings is 1. The first-order valence-corrected chi connectivity index (χ1v) is 7.78. The third kappa shape index (κ3) is 4.54. The highest BCUT2D eigenvalue weighted by atomic mass is 16.5. The van der Waals surface area contributed by atoms with Gasteiger partial charge in [-0.15, -0.1) is 0 Å². The summed E-state index contributed by atoms with van der Waals surface area (Å²) in [5, 5.41) is 3.44. The van der Waals surface area contributed by atoms with Gasteiger partial charge in [-0.1, -0.05) is 19.4 Å². The molecule has 1 aliphatic rings. The Kier molecular flexibility index (Phi) is 5.71. The fourth-order valence-corrected chi connectivity index (χ4v) is 2.66. The number of rotatable bonds is 7. The van der Waals surface area contributed by atoms with E-state index < -0.39 is 0 Å². The fraction of sp³-hybridized carbons (Fsp3) is 0.647. The lowest BCUT2D eigenvalue weighted by molar-refractivity contribution is 0.217. The molecule has 1 aromatic rings. The smallest absolute Gasteiger partial charge is 0.120 e. The maximum Gasteiger partial charge on any atom is 0.120 e. The van der Waals surface area contributed by atoms with Crippen LogP contribution in [0, 0.1) is 0 Å². The van der Waals surface area contributed by atoms with Crippen molar-refractivity contribution in [1.82, 2.24) is 5.32 Å². The topological polar surface area (TPSA) is 21.3 Å². The molecule has 0 radical (unpaired) electrons. The van der Waals surface area contributed by atoms with Gasteiger partial charge >= 0.3 is 0 Å². The van der Waals surface area contributed by atoms with Gasteiger partial charge in [-0.3, -0.25) is 0 Å². The number of fused-ring (bicyclic) bond motifs is 1. The van der Waals surface area contributed by atoms with Gasteiger partial charge in [0, 0.05) is 6.54 Å². The molecule has 1 aromatic carbocycles. The molecule has 0 spiro atoms. The van der Waals surface area contributed by atoms with Crippen LogP contribution in [0.25, 0.3) is 0 Å². The van der Waals surface area contributed by atoms with E-state index in [1.165, 1.54) is 49.7 Å². The van der Waals surface area contributed by atoms with Crippen LogP contribution >= 0.6 is 0 Å². The van der Waals surface area contributed by atoms with Crippen LogP contribution in [-0.4, -0.2) is 19.2 Å². The molecule has 0 saturated carbocycles. The van der Waals surface area contributed by atoms with Crippen molar-refractivity contribution in [1.29, 1.82) is 0 Å². The van der Waals surface area contributed by atoms with Gasteiger partial charge in [-0.2, -0.15) is 0 Å². The van der Waals surface area contributed by atoms with Crippen LogP contribution in [0.5, 0.6) is 5.75 Å². The molecule has 1 atom stereocenters. The maximum atomic E-state index is 6.00. The molecular formula is C17H27NO. The zero-order valence-corrected chi connectivity index (χ0v) is 12.4. The minimum absolute atomic E-state index is 0.235. The first kappa shape index (κ1) is 14.4. The van der Waals surface area contributed by atoms with Gasteiger partial charge in [-0.05, 0) is 68.8 Å². The molecule has 1 unspecified atom stereocenters. The molecule has 0 fully saturated rings. The highest BCUT2D eigenvalue weighted by Gasteiger charge is 2.11. The Morgan fingerprint density at radius 2 is 2.00 bits per heavy atom. The average Bonchev–Trinajstić information content (AvgIpc) is 2.43. The van der Waals surface area contributed by atoms with E-state index in [1.54, 1.807) is 0 Å². The van der Waals surface area contributed by atoms with Crippen LogP contribution < -0.4 is 10.1 Å². The van der Waals surface area contributed by atoms with Gasteiger partial charge in [0.2, 0.25) is 0 Å². The monoisotopic (exact) mass is 261 g/mol. The summed E-state index contributed by atoms with van der Waals surface area (Å²) in [5.41, 5.74) is 3.02. The summed E-state index contributed by atoms with van der Waals surface area (Å²) in [5.74, 6) is 1.03. The average molecular weight is 261 g/mol. The second-order valence-corrected chi connectivity index (χ2v) is 5.62. The standard InChI is InChI=1S/C17H27NO/c1-3-4-11-18-13-14(2)19-17-10-9-15-7-5-6-8-16(15)12-17/h9-10,12,14,18H,3-8,11,13H2,1-2H3. The van der Waals surface area contributed by atoms with Crippen molar-refractivity contribution in [2.24, 2.45) is 0 Å². The van der Waals surface area contributed by atoms with Crippen LogP contribution in [-0.2, 0) is 12.8 Å². The molecule has 0 aromatic heterocycles. The Morgan fingerprint density at radius 1 is 1.21 bits per heavy atom. The molecular weight excluding hydrogens is 234 g/mol. The highest BCUT2D eigenvalue weighted by molar-refractivity contribution is 5.37. The summed E-state index contributed by atoms with van der Waals surface area (Å²) in [7, 11) is 0. The van der Waals surface area contributed by atoms with E-state index in [2.05, 4.69) is 37.4 Å². The molecule has 106 valence electrons. The van der Waals surface area contributed by atoms with E-state index in [-0.39, 0.29) is 6.10 Å². The number of nitrogens with one attached hydrogen (secondary N) is 1. The van der Waals surface area contributed by atoms with Gasteiger partial charge in [0.15, 0.2) is 0 Å². The van der Waals surface area contributed by atoms with Crippen molar-refractivity contribution in [2.75, 3.05) is 13.1 Å². The van der Waals surface area contributed by atoms with Crippen molar-refractivity contribution in [2.45, 2.75) is 58.5 Å². The van der Waals surface area contributed by atoms with E-state index in [0.717, 1.165) is 18.8 Å². The van der Waals surface area contributed by atoms with E-state index in [1.807, 2.05) is 0 Å². The van der Waals surface area contributed by atoms with Crippen molar-refractivity contribution >= 4 is 0 Å². The molecule has 1 aliphatic carbocycles. The van der Waals surface area contributed by atoms with Gasteiger partial charge in [0.1, 0.15) is 11.9 Å². The number of aryl methyl sites for hydroxylation is 2. The van der Waals surface area contributed by atoms with Crippen molar-refractivity contribution in [3.63, 3.8) is 0 Å². The number of hydrogen-bond acceptors (Lipinski definition) is 2. The summed E-state index contributed by atoms with van der Waals surface area (Å²) in [4.78, 5) is 0. The molecule has 2 nitrogen and oxygen atoms in total.